The second-order valence-electron chi connectivity index (χ2n) is 5.01. The molecular weight excluding hydrogens is 316 g/mol. The van der Waals surface area contributed by atoms with Crippen molar-refractivity contribution in [2.75, 3.05) is 13.1 Å². The summed E-state index contributed by atoms with van der Waals surface area (Å²) in [5.41, 5.74) is 0. The van der Waals surface area contributed by atoms with Gasteiger partial charge >= 0.3 is 11.9 Å². The molecule has 2 atom stereocenters. The third kappa shape index (κ3) is 3.52. The first-order valence-electron chi connectivity index (χ1n) is 6.66. The Kier molecular flexibility index (Phi) is 5.15. The summed E-state index contributed by atoms with van der Waals surface area (Å²) in [5.74, 6) is -1.53. The standard InChI is InChI=1S/C12H16N2O5S2/c15-9(7-3-1-5-13(7)11(17)20)19-10(16)8-4-2-6-14(8)12(18)21/h7-8H,1-6H2,(H,17,20)(H,18,21)/t7-,8-/m0/s1. The lowest BCUT2D eigenvalue weighted by Crippen LogP contribution is -2.44. The summed E-state index contributed by atoms with van der Waals surface area (Å²) in [6.07, 6.45) is 2.20. The van der Waals surface area contributed by atoms with Crippen molar-refractivity contribution in [1.29, 1.82) is 0 Å². The summed E-state index contributed by atoms with van der Waals surface area (Å²) in [4.78, 5) is 49.1. The van der Waals surface area contributed by atoms with E-state index >= 15 is 0 Å². The molecule has 0 bridgehead atoms. The molecule has 0 saturated carbocycles. The van der Waals surface area contributed by atoms with Crippen molar-refractivity contribution in [3.8, 4) is 0 Å². The minimum Gasteiger partial charge on any atom is -0.390 e. The van der Waals surface area contributed by atoms with Crippen LogP contribution < -0.4 is 0 Å². The van der Waals surface area contributed by atoms with Crippen molar-refractivity contribution in [3.05, 3.63) is 0 Å². The van der Waals surface area contributed by atoms with Gasteiger partial charge in [0, 0.05) is 13.1 Å². The topological polar surface area (TPSA) is 84.0 Å². The van der Waals surface area contributed by atoms with Gasteiger partial charge in [0.25, 0.3) is 10.5 Å². The van der Waals surface area contributed by atoms with Crippen LogP contribution >= 0.6 is 25.3 Å². The van der Waals surface area contributed by atoms with E-state index in [1.54, 1.807) is 0 Å². The summed E-state index contributed by atoms with van der Waals surface area (Å²) >= 11 is 7.40. The van der Waals surface area contributed by atoms with E-state index in [1.807, 2.05) is 0 Å². The maximum atomic E-state index is 12.0. The van der Waals surface area contributed by atoms with Crippen LogP contribution in [-0.4, -0.2) is 57.4 Å². The van der Waals surface area contributed by atoms with Crippen molar-refractivity contribution in [3.63, 3.8) is 0 Å². The Morgan fingerprint density at radius 1 is 0.810 bits per heavy atom. The van der Waals surface area contributed by atoms with Crippen LogP contribution in [0.25, 0.3) is 0 Å². The van der Waals surface area contributed by atoms with Gasteiger partial charge in [-0.25, -0.2) is 9.59 Å². The minimum atomic E-state index is -0.777. The lowest BCUT2D eigenvalue weighted by molar-refractivity contribution is -0.164. The fraction of sp³-hybridized carbons (Fsp3) is 0.667. The Bertz CT molecular complexity index is 442. The number of esters is 2. The van der Waals surface area contributed by atoms with E-state index in [9.17, 15) is 19.2 Å². The number of carbonyl (C=O) groups is 4. The van der Waals surface area contributed by atoms with Gasteiger partial charge in [0.2, 0.25) is 0 Å². The highest BCUT2D eigenvalue weighted by Gasteiger charge is 2.39. The fourth-order valence-corrected chi connectivity index (χ4v) is 3.20. The molecule has 2 fully saturated rings. The van der Waals surface area contributed by atoms with Crippen LogP contribution in [0.15, 0.2) is 0 Å². The zero-order valence-corrected chi connectivity index (χ0v) is 13.0. The highest BCUT2D eigenvalue weighted by atomic mass is 32.1. The molecule has 2 saturated heterocycles. The first-order chi connectivity index (χ1) is 9.91. The molecule has 2 aliphatic heterocycles. The Morgan fingerprint density at radius 3 is 1.52 bits per heavy atom. The monoisotopic (exact) mass is 332 g/mol. The van der Waals surface area contributed by atoms with E-state index in [4.69, 9.17) is 4.74 Å². The second-order valence-corrected chi connectivity index (χ2v) is 5.77. The van der Waals surface area contributed by atoms with Crippen LogP contribution in [0.5, 0.6) is 0 Å². The summed E-state index contributed by atoms with van der Waals surface area (Å²) < 4.78 is 4.85. The number of amides is 2. The predicted molar refractivity (Wildman–Crippen MR) is 79.3 cm³/mol. The van der Waals surface area contributed by atoms with Crippen molar-refractivity contribution in [1.82, 2.24) is 9.80 Å². The molecule has 9 heteroatoms. The zero-order valence-electron chi connectivity index (χ0n) is 11.2. The zero-order chi connectivity index (χ0) is 15.6. The molecule has 2 amide bonds. The molecule has 0 aliphatic carbocycles. The molecule has 0 aromatic rings. The van der Waals surface area contributed by atoms with Gasteiger partial charge in [-0.15, -0.1) is 0 Å². The van der Waals surface area contributed by atoms with Gasteiger partial charge in [0.15, 0.2) is 0 Å². The average molecular weight is 332 g/mol. The van der Waals surface area contributed by atoms with Gasteiger partial charge in [-0.3, -0.25) is 9.59 Å². The van der Waals surface area contributed by atoms with E-state index < -0.39 is 34.5 Å². The van der Waals surface area contributed by atoms with Gasteiger partial charge in [-0.05, 0) is 25.7 Å². The number of thiol groups is 2. The molecule has 0 unspecified atom stereocenters. The van der Waals surface area contributed by atoms with Gasteiger partial charge in [0.1, 0.15) is 12.1 Å². The molecule has 116 valence electrons. The van der Waals surface area contributed by atoms with Crippen molar-refractivity contribution in [2.45, 2.75) is 37.8 Å². The van der Waals surface area contributed by atoms with Crippen LogP contribution in [0.2, 0.25) is 0 Å². The molecule has 0 radical (unpaired) electrons. The lowest BCUT2D eigenvalue weighted by Gasteiger charge is -2.23. The van der Waals surface area contributed by atoms with E-state index in [0.29, 0.717) is 38.8 Å². The molecule has 0 aromatic heterocycles. The normalized spacial score (nSPS) is 25.0. The summed E-state index contributed by atoms with van der Waals surface area (Å²) in [6.45, 7) is 0.835. The number of nitrogens with zero attached hydrogens (tertiary/aromatic N) is 2. The number of rotatable bonds is 2. The van der Waals surface area contributed by atoms with Crippen molar-refractivity contribution in [2.24, 2.45) is 0 Å². The lowest BCUT2D eigenvalue weighted by atomic mass is 10.2. The van der Waals surface area contributed by atoms with Crippen LogP contribution in [0.1, 0.15) is 25.7 Å². The maximum Gasteiger partial charge on any atom is 0.336 e. The molecule has 2 aliphatic rings. The second kappa shape index (κ2) is 6.69. The minimum absolute atomic E-state index is 0.418. The predicted octanol–water partition coefficient (Wildman–Crippen LogP) is 1.08. The van der Waals surface area contributed by atoms with Crippen LogP contribution in [0.4, 0.5) is 9.59 Å². The van der Waals surface area contributed by atoms with Gasteiger partial charge in [-0.2, -0.15) is 0 Å². The maximum absolute atomic E-state index is 12.0. The highest BCUT2D eigenvalue weighted by molar-refractivity contribution is 7.96. The first kappa shape index (κ1) is 16.2. The van der Waals surface area contributed by atoms with Gasteiger partial charge in [-0.1, -0.05) is 25.3 Å². The third-order valence-electron chi connectivity index (χ3n) is 3.74. The van der Waals surface area contributed by atoms with Crippen LogP contribution in [0.3, 0.4) is 0 Å². The number of carbonyl (C=O) groups excluding carboxylic acids is 4. The number of likely N-dealkylation sites (tertiary alicyclic amines) is 2. The van der Waals surface area contributed by atoms with Crippen LogP contribution in [-0.2, 0) is 14.3 Å². The van der Waals surface area contributed by atoms with Crippen molar-refractivity contribution >= 4 is 47.7 Å². The third-order valence-corrected chi connectivity index (χ3v) is 4.26. The Balaban J connectivity index is 1.97. The Labute approximate surface area is 132 Å². The van der Waals surface area contributed by atoms with Crippen molar-refractivity contribution < 1.29 is 23.9 Å². The summed E-state index contributed by atoms with van der Waals surface area (Å²) in [6, 6.07) is -1.55. The molecule has 2 heterocycles. The molecule has 0 N–H and O–H groups in total. The smallest absolute Gasteiger partial charge is 0.336 e. The Morgan fingerprint density at radius 2 is 1.19 bits per heavy atom. The van der Waals surface area contributed by atoms with E-state index in [-0.39, 0.29) is 0 Å². The molecule has 21 heavy (non-hydrogen) atoms. The summed E-state index contributed by atoms with van der Waals surface area (Å²) in [7, 11) is 0. The number of hydrogen-bond donors (Lipinski definition) is 2. The molecular formula is C12H16N2O5S2. The van der Waals surface area contributed by atoms with Gasteiger partial charge in [0.05, 0.1) is 0 Å². The summed E-state index contributed by atoms with van der Waals surface area (Å²) in [5, 5.41) is -1.04. The Hall–Kier alpha value is -1.22. The number of hydrogen-bond acceptors (Lipinski definition) is 5. The molecule has 0 aromatic carbocycles. The number of ether oxygens (including phenoxy) is 1. The highest BCUT2D eigenvalue weighted by Crippen LogP contribution is 2.23. The van der Waals surface area contributed by atoms with Crippen LogP contribution in [0, 0.1) is 0 Å². The quantitative estimate of drug-likeness (QED) is 0.449. The molecule has 2 rings (SSSR count). The largest absolute Gasteiger partial charge is 0.390 e. The SMILES string of the molecule is O=C(OC(=O)[C@@H]1CCCN1C(=O)S)[C@@H]1CCCN1C(=O)S. The fourth-order valence-electron chi connectivity index (χ4n) is 2.72. The average Bonchev–Trinajstić information content (AvgIpc) is 3.07. The van der Waals surface area contributed by atoms with E-state index in [1.165, 1.54) is 9.80 Å². The van der Waals surface area contributed by atoms with E-state index in [0.717, 1.165) is 0 Å². The molecule has 0 spiro atoms. The molecule has 7 nitrogen and oxygen atoms in total. The van der Waals surface area contributed by atoms with E-state index in [2.05, 4.69) is 25.3 Å². The first-order valence-corrected chi connectivity index (χ1v) is 7.56. The van der Waals surface area contributed by atoms with Gasteiger partial charge < -0.3 is 14.5 Å².